The molecule has 1 rings (SSSR count). The van der Waals surface area contributed by atoms with Gasteiger partial charge in [0.05, 0.1) is 11.0 Å². The topological polar surface area (TPSA) is 75.8 Å². The molecule has 1 aromatic rings. The number of nitrogens with zero attached hydrogens (tertiary/aromatic N) is 2. The van der Waals surface area contributed by atoms with Crippen LogP contribution in [-0.4, -0.2) is 47.3 Å². The Morgan fingerprint density at radius 1 is 1.33 bits per heavy atom. The van der Waals surface area contributed by atoms with Crippen molar-refractivity contribution in [3.63, 3.8) is 0 Å². The van der Waals surface area contributed by atoms with Gasteiger partial charge in [-0.3, -0.25) is 10.1 Å². The van der Waals surface area contributed by atoms with E-state index in [1.807, 2.05) is 0 Å². The summed E-state index contributed by atoms with van der Waals surface area (Å²) in [5.74, 6) is 0.404. The zero-order valence-corrected chi connectivity index (χ0v) is 12.7. The van der Waals surface area contributed by atoms with E-state index in [1.54, 1.807) is 12.1 Å². The summed E-state index contributed by atoms with van der Waals surface area (Å²) in [4.78, 5) is 12.4. The zero-order valence-electron chi connectivity index (χ0n) is 12.7. The number of rotatable bonds is 10. The SMILES string of the molecule is CCCN(CCC)CC(O)COc1cccc([N+](=O)[O-])c1. The summed E-state index contributed by atoms with van der Waals surface area (Å²) < 4.78 is 5.43. The Balaban J connectivity index is 2.46. The number of hydrogen-bond donors (Lipinski definition) is 1. The highest BCUT2D eigenvalue weighted by Crippen LogP contribution is 2.19. The molecule has 0 bridgehead atoms. The van der Waals surface area contributed by atoms with Crippen LogP contribution in [0.4, 0.5) is 5.69 Å². The highest BCUT2D eigenvalue weighted by Gasteiger charge is 2.12. The average molecular weight is 296 g/mol. The first-order chi connectivity index (χ1) is 10.1. The lowest BCUT2D eigenvalue weighted by Gasteiger charge is -2.24. The summed E-state index contributed by atoms with van der Waals surface area (Å²) in [6, 6.07) is 5.99. The molecule has 1 N–H and O–H groups in total. The van der Waals surface area contributed by atoms with E-state index in [9.17, 15) is 15.2 Å². The third-order valence-corrected chi connectivity index (χ3v) is 3.02. The average Bonchev–Trinajstić information content (AvgIpc) is 2.46. The van der Waals surface area contributed by atoms with Crippen molar-refractivity contribution in [2.24, 2.45) is 0 Å². The van der Waals surface area contributed by atoms with Crippen molar-refractivity contribution in [2.75, 3.05) is 26.2 Å². The summed E-state index contributed by atoms with van der Waals surface area (Å²) >= 11 is 0. The molecule has 1 atom stereocenters. The molecular weight excluding hydrogens is 272 g/mol. The Bertz CT molecular complexity index is 433. The van der Waals surface area contributed by atoms with Gasteiger partial charge in [-0.2, -0.15) is 0 Å². The van der Waals surface area contributed by atoms with Crippen LogP contribution in [0.2, 0.25) is 0 Å². The predicted molar refractivity (Wildman–Crippen MR) is 81.6 cm³/mol. The molecule has 1 unspecified atom stereocenters. The van der Waals surface area contributed by atoms with Crippen LogP contribution in [0.15, 0.2) is 24.3 Å². The van der Waals surface area contributed by atoms with Gasteiger partial charge in [0.2, 0.25) is 0 Å². The number of hydrogen-bond acceptors (Lipinski definition) is 5. The lowest BCUT2D eigenvalue weighted by atomic mass is 10.3. The van der Waals surface area contributed by atoms with E-state index in [0.29, 0.717) is 12.3 Å². The molecule has 0 aromatic heterocycles. The highest BCUT2D eigenvalue weighted by atomic mass is 16.6. The number of ether oxygens (including phenoxy) is 1. The van der Waals surface area contributed by atoms with Crippen molar-refractivity contribution < 1.29 is 14.8 Å². The van der Waals surface area contributed by atoms with Gasteiger partial charge in [0.1, 0.15) is 18.5 Å². The molecule has 0 fully saturated rings. The van der Waals surface area contributed by atoms with Gasteiger partial charge in [0.25, 0.3) is 5.69 Å². The van der Waals surface area contributed by atoms with Crippen molar-refractivity contribution in [1.29, 1.82) is 0 Å². The molecule has 0 spiro atoms. The van der Waals surface area contributed by atoms with Crippen LogP contribution in [0.25, 0.3) is 0 Å². The number of nitro benzene ring substituents is 1. The monoisotopic (exact) mass is 296 g/mol. The van der Waals surface area contributed by atoms with Gasteiger partial charge in [-0.25, -0.2) is 0 Å². The third-order valence-electron chi connectivity index (χ3n) is 3.02. The Morgan fingerprint density at radius 3 is 2.57 bits per heavy atom. The Kier molecular flexibility index (Phi) is 7.71. The normalized spacial score (nSPS) is 12.4. The van der Waals surface area contributed by atoms with Crippen molar-refractivity contribution in [2.45, 2.75) is 32.8 Å². The first-order valence-corrected chi connectivity index (χ1v) is 7.34. The molecule has 0 aliphatic rings. The van der Waals surface area contributed by atoms with Crippen LogP contribution in [0, 0.1) is 10.1 Å². The molecular formula is C15H24N2O4. The summed E-state index contributed by atoms with van der Waals surface area (Å²) in [5, 5.41) is 20.7. The van der Waals surface area contributed by atoms with Crippen LogP contribution in [0.1, 0.15) is 26.7 Å². The fraction of sp³-hybridized carbons (Fsp3) is 0.600. The van der Waals surface area contributed by atoms with Gasteiger partial charge in [-0.15, -0.1) is 0 Å². The third kappa shape index (κ3) is 6.55. The lowest BCUT2D eigenvalue weighted by molar-refractivity contribution is -0.384. The van der Waals surface area contributed by atoms with E-state index >= 15 is 0 Å². The molecule has 6 nitrogen and oxygen atoms in total. The molecule has 0 saturated carbocycles. The lowest BCUT2D eigenvalue weighted by Crippen LogP contribution is -2.36. The smallest absolute Gasteiger partial charge is 0.273 e. The second-order valence-corrected chi connectivity index (χ2v) is 5.02. The van der Waals surface area contributed by atoms with Crippen LogP contribution < -0.4 is 4.74 Å². The zero-order chi connectivity index (χ0) is 15.7. The second-order valence-electron chi connectivity index (χ2n) is 5.02. The van der Waals surface area contributed by atoms with Crippen molar-refractivity contribution >= 4 is 5.69 Å². The first kappa shape index (κ1) is 17.4. The molecule has 0 aliphatic heterocycles. The van der Waals surface area contributed by atoms with Gasteiger partial charge < -0.3 is 14.7 Å². The Labute approximate surface area is 125 Å². The number of non-ortho nitro benzene ring substituents is 1. The van der Waals surface area contributed by atoms with Crippen molar-refractivity contribution in [1.82, 2.24) is 4.90 Å². The van der Waals surface area contributed by atoms with E-state index < -0.39 is 11.0 Å². The quantitative estimate of drug-likeness (QED) is 0.530. The number of benzene rings is 1. The minimum atomic E-state index is -0.609. The first-order valence-electron chi connectivity index (χ1n) is 7.34. The van der Waals surface area contributed by atoms with Gasteiger partial charge >= 0.3 is 0 Å². The molecule has 0 heterocycles. The molecule has 0 radical (unpaired) electrons. The van der Waals surface area contributed by atoms with E-state index in [-0.39, 0.29) is 12.3 Å². The molecule has 0 amide bonds. The standard InChI is InChI=1S/C15H24N2O4/c1-3-8-16(9-4-2)11-14(18)12-21-15-7-5-6-13(10-15)17(19)20/h5-7,10,14,18H,3-4,8-9,11-12H2,1-2H3. The molecule has 21 heavy (non-hydrogen) atoms. The van der Waals surface area contributed by atoms with Crippen molar-refractivity contribution in [3.8, 4) is 5.75 Å². The number of aliphatic hydroxyl groups excluding tert-OH is 1. The molecule has 0 saturated heterocycles. The van der Waals surface area contributed by atoms with Crippen LogP contribution in [0.5, 0.6) is 5.75 Å². The molecule has 1 aromatic carbocycles. The van der Waals surface area contributed by atoms with Crippen LogP contribution >= 0.6 is 0 Å². The van der Waals surface area contributed by atoms with Gasteiger partial charge in [-0.1, -0.05) is 19.9 Å². The maximum atomic E-state index is 10.7. The van der Waals surface area contributed by atoms with Crippen LogP contribution in [-0.2, 0) is 0 Å². The fourth-order valence-electron chi connectivity index (χ4n) is 2.16. The maximum Gasteiger partial charge on any atom is 0.273 e. The highest BCUT2D eigenvalue weighted by molar-refractivity contribution is 5.37. The van der Waals surface area contributed by atoms with Crippen molar-refractivity contribution in [3.05, 3.63) is 34.4 Å². The molecule has 118 valence electrons. The van der Waals surface area contributed by atoms with Gasteiger partial charge in [0.15, 0.2) is 0 Å². The number of nitro groups is 1. The summed E-state index contributed by atoms with van der Waals surface area (Å²) in [6.07, 6.45) is 1.47. The van der Waals surface area contributed by atoms with E-state index in [2.05, 4.69) is 18.7 Å². The summed E-state index contributed by atoms with van der Waals surface area (Å²) in [6.45, 7) is 6.79. The largest absolute Gasteiger partial charge is 0.491 e. The number of aliphatic hydroxyl groups is 1. The van der Waals surface area contributed by atoms with E-state index in [4.69, 9.17) is 4.74 Å². The van der Waals surface area contributed by atoms with E-state index in [1.165, 1.54) is 12.1 Å². The van der Waals surface area contributed by atoms with Gasteiger partial charge in [0, 0.05) is 12.6 Å². The van der Waals surface area contributed by atoms with E-state index in [0.717, 1.165) is 25.9 Å². The summed E-state index contributed by atoms with van der Waals surface area (Å²) in [7, 11) is 0. The summed E-state index contributed by atoms with van der Waals surface area (Å²) in [5.41, 5.74) is -0.0133. The maximum absolute atomic E-state index is 10.7. The minimum absolute atomic E-state index is 0.0133. The fourth-order valence-corrected chi connectivity index (χ4v) is 2.16. The Hall–Kier alpha value is -1.66. The van der Waals surface area contributed by atoms with Crippen LogP contribution in [0.3, 0.4) is 0 Å². The second kappa shape index (κ2) is 9.31. The Morgan fingerprint density at radius 2 is 2.00 bits per heavy atom. The van der Waals surface area contributed by atoms with Gasteiger partial charge in [-0.05, 0) is 32.0 Å². The molecule has 6 heteroatoms. The molecule has 0 aliphatic carbocycles. The predicted octanol–water partition coefficient (Wildman–Crippen LogP) is 2.46. The minimum Gasteiger partial charge on any atom is -0.491 e.